The van der Waals surface area contributed by atoms with Crippen molar-refractivity contribution in [3.05, 3.63) is 23.4 Å². The molecule has 0 N–H and O–H groups in total. The normalized spacial score (nSPS) is 45.5. The van der Waals surface area contributed by atoms with Gasteiger partial charge in [-0.25, -0.2) is 4.85 Å². The van der Waals surface area contributed by atoms with Crippen molar-refractivity contribution in [3.63, 3.8) is 0 Å². The third kappa shape index (κ3) is 1.63. The molecule has 0 amide bonds. The van der Waals surface area contributed by atoms with Crippen molar-refractivity contribution in [2.75, 3.05) is 0 Å². The molecule has 4 rings (SSSR count). The first-order valence-corrected chi connectivity index (χ1v) is 6.41. The largest absolute Gasteiger partial charge is 0.504 e. The Labute approximate surface area is 97.5 Å². The zero-order valence-electron chi connectivity index (χ0n) is 9.91. The summed E-state index contributed by atoms with van der Waals surface area (Å²) >= 11 is 0. The predicted octanol–water partition coefficient (Wildman–Crippen LogP) is 3.75. The molecular weight excluding hydrogens is 198 g/mol. The molecule has 0 unspecified atom stereocenters. The van der Waals surface area contributed by atoms with Gasteiger partial charge in [-0.1, -0.05) is 0 Å². The minimum absolute atomic E-state index is 0.111. The Kier molecular flexibility index (Phi) is 2.24. The van der Waals surface area contributed by atoms with Crippen LogP contribution in [0.3, 0.4) is 0 Å². The average Bonchev–Trinajstić information content (AvgIpc) is 2.13. The second-order valence-electron chi connectivity index (χ2n) is 6.07. The molecule has 0 aromatic heterocycles. The van der Waals surface area contributed by atoms with Gasteiger partial charge in [-0.3, -0.25) is 0 Å². The Morgan fingerprint density at radius 1 is 1.19 bits per heavy atom. The van der Waals surface area contributed by atoms with Gasteiger partial charge in [0.05, 0.1) is 12.3 Å². The zero-order valence-corrected chi connectivity index (χ0v) is 9.91. The Morgan fingerprint density at radius 3 is 2.12 bits per heavy atom. The summed E-state index contributed by atoms with van der Waals surface area (Å²) in [6.07, 6.45) is 9.56. The van der Waals surface area contributed by atoms with Crippen LogP contribution in [0.15, 0.2) is 12.0 Å². The smallest absolute Gasteiger partial charge is 0.190 e. The van der Waals surface area contributed by atoms with Gasteiger partial charge < -0.3 is 4.74 Å². The lowest BCUT2D eigenvalue weighted by Gasteiger charge is -2.56. The molecule has 16 heavy (non-hydrogen) atoms. The molecule has 2 nitrogen and oxygen atoms in total. The highest BCUT2D eigenvalue weighted by atomic mass is 16.5. The highest BCUT2D eigenvalue weighted by molar-refractivity contribution is 5.06. The van der Waals surface area contributed by atoms with Crippen LogP contribution in [0.1, 0.15) is 45.4 Å². The molecule has 0 radical (unpaired) electrons. The number of hydrogen-bond acceptors (Lipinski definition) is 1. The van der Waals surface area contributed by atoms with E-state index in [1.54, 1.807) is 0 Å². The molecule has 4 aliphatic carbocycles. The molecule has 4 fully saturated rings. The Bertz CT molecular complexity index is 328. The van der Waals surface area contributed by atoms with Crippen molar-refractivity contribution in [1.82, 2.24) is 0 Å². The maximum Gasteiger partial charge on any atom is 0.190 e. The van der Waals surface area contributed by atoms with Crippen LogP contribution in [0.2, 0.25) is 0 Å². The van der Waals surface area contributed by atoms with Crippen LogP contribution in [0.25, 0.3) is 4.85 Å². The van der Waals surface area contributed by atoms with E-state index < -0.39 is 0 Å². The lowest BCUT2D eigenvalue weighted by atomic mass is 9.54. The quantitative estimate of drug-likeness (QED) is 0.507. The summed E-state index contributed by atoms with van der Waals surface area (Å²) in [5.74, 6) is 3.54. The van der Waals surface area contributed by atoms with Crippen LogP contribution in [-0.4, -0.2) is 5.60 Å². The summed E-state index contributed by atoms with van der Waals surface area (Å²) in [7, 11) is 0. The van der Waals surface area contributed by atoms with Crippen LogP contribution in [-0.2, 0) is 4.74 Å². The van der Waals surface area contributed by atoms with E-state index in [-0.39, 0.29) is 5.60 Å². The van der Waals surface area contributed by atoms with E-state index in [0.29, 0.717) is 0 Å². The highest BCUT2D eigenvalue weighted by Crippen LogP contribution is 2.57. The maximum atomic E-state index is 6.84. The van der Waals surface area contributed by atoms with Crippen molar-refractivity contribution in [1.29, 1.82) is 0 Å². The van der Waals surface area contributed by atoms with Crippen molar-refractivity contribution < 1.29 is 4.74 Å². The number of allylic oxidation sites excluding steroid dienone is 1. The molecule has 0 aromatic rings. The fourth-order valence-electron chi connectivity index (χ4n) is 4.61. The molecule has 0 aromatic carbocycles. The summed E-state index contributed by atoms with van der Waals surface area (Å²) in [5, 5.41) is 0. The van der Waals surface area contributed by atoms with Gasteiger partial charge in [0.2, 0.25) is 0 Å². The van der Waals surface area contributed by atoms with E-state index in [0.717, 1.165) is 23.5 Å². The first kappa shape index (κ1) is 10.2. The second-order valence-corrected chi connectivity index (χ2v) is 6.07. The lowest BCUT2D eigenvalue weighted by Crippen LogP contribution is -2.51. The van der Waals surface area contributed by atoms with Crippen molar-refractivity contribution >= 4 is 0 Å². The van der Waals surface area contributed by atoms with Gasteiger partial charge >= 0.3 is 0 Å². The summed E-state index contributed by atoms with van der Waals surface area (Å²) in [5.41, 5.74) is 0.111. The molecule has 86 valence electrons. The fraction of sp³-hybridized carbons (Fsp3) is 0.786. The van der Waals surface area contributed by atoms with Crippen molar-refractivity contribution in [2.45, 2.75) is 51.0 Å². The predicted molar refractivity (Wildman–Crippen MR) is 62.3 cm³/mol. The van der Waals surface area contributed by atoms with Crippen LogP contribution in [0.4, 0.5) is 0 Å². The van der Waals surface area contributed by atoms with Crippen LogP contribution >= 0.6 is 0 Å². The number of nitrogens with zero attached hydrogens (tertiary/aromatic N) is 1. The monoisotopic (exact) mass is 217 g/mol. The van der Waals surface area contributed by atoms with E-state index in [1.165, 1.54) is 44.7 Å². The Hall–Kier alpha value is -0.970. The molecule has 0 saturated heterocycles. The van der Waals surface area contributed by atoms with Crippen molar-refractivity contribution in [3.8, 4) is 0 Å². The number of hydrogen-bond donors (Lipinski definition) is 0. The molecule has 4 saturated carbocycles. The van der Waals surface area contributed by atoms with E-state index in [4.69, 9.17) is 11.3 Å². The summed E-state index contributed by atoms with van der Waals surface area (Å²) in [6.45, 7) is 8.77. The lowest BCUT2D eigenvalue weighted by molar-refractivity contribution is -0.138. The van der Waals surface area contributed by atoms with E-state index in [1.807, 2.05) is 6.92 Å². The summed E-state index contributed by atoms with van der Waals surface area (Å²) in [6, 6.07) is 0. The van der Waals surface area contributed by atoms with E-state index >= 15 is 0 Å². The third-order valence-corrected chi connectivity index (χ3v) is 4.61. The van der Waals surface area contributed by atoms with Gasteiger partial charge in [-0.15, -0.1) is 0 Å². The number of ether oxygens (including phenoxy) is 1. The van der Waals surface area contributed by atoms with Gasteiger partial charge in [0, 0.05) is 0 Å². The highest BCUT2D eigenvalue weighted by Gasteiger charge is 2.52. The van der Waals surface area contributed by atoms with Crippen LogP contribution in [0, 0.1) is 24.3 Å². The fourth-order valence-corrected chi connectivity index (χ4v) is 4.61. The molecule has 2 heteroatoms. The van der Waals surface area contributed by atoms with Crippen LogP contribution < -0.4 is 0 Å². The third-order valence-electron chi connectivity index (χ3n) is 4.61. The summed E-state index contributed by atoms with van der Waals surface area (Å²) in [4.78, 5) is 3.30. The first-order valence-electron chi connectivity index (χ1n) is 6.41. The van der Waals surface area contributed by atoms with Gasteiger partial charge in [-0.05, 0) is 63.2 Å². The molecule has 0 heterocycles. The van der Waals surface area contributed by atoms with E-state index in [2.05, 4.69) is 4.85 Å². The minimum atomic E-state index is 0.111. The van der Waals surface area contributed by atoms with Gasteiger partial charge in [0.25, 0.3) is 0 Å². The second kappa shape index (κ2) is 3.52. The standard InChI is InChI=1S/C14H19NO/c1-10(9-15-2)16-14-6-11-3-12(7-14)5-13(4-11)8-14/h9,11-13H,3-8H2,1H3/b10-9-. The molecule has 4 bridgehead atoms. The molecule has 0 spiro atoms. The Morgan fingerprint density at radius 2 is 1.69 bits per heavy atom. The zero-order chi connectivity index (χ0) is 11.2. The summed E-state index contributed by atoms with van der Waals surface area (Å²) < 4.78 is 6.14. The maximum absolute atomic E-state index is 6.84. The number of rotatable bonds is 2. The van der Waals surface area contributed by atoms with Crippen LogP contribution in [0.5, 0.6) is 0 Å². The van der Waals surface area contributed by atoms with Gasteiger partial charge in [-0.2, -0.15) is 0 Å². The molecular formula is C14H19NO. The average molecular weight is 217 g/mol. The molecule has 0 atom stereocenters. The SMILES string of the molecule is [C-]#[N+]/C=C(/C)OC12CC3CC(CC(C3)C1)C2. The van der Waals surface area contributed by atoms with Crippen molar-refractivity contribution in [2.24, 2.45) is 17.8 Å². The Balaban J connectivity index is 1.79. The molecule has 0 aliphatic heterocycles. The molecule has 4 aliphatic rings. The van der Waals surface area contributed by atoms with E-state index in [9.17, 15) is 0 Å². The van der Waals surface area contributed by atoms with Gasteiger partial charge in [0.15, 0.2) is 6.20 Å². The first-order chi connectivity index (χ1) is 7.69. The minimum Gasteiger partial charge on any atom is -0.504 e. The topological polar surface area (TPSA) is 13.6 Å². The van der Waals surface area contributed by atoms with Gasteiger partial charge in [0.1, 0.15) is 5.60 Å².